The number of fused-ring (bicyclic) bond motifs is 3. The Kier molecular flexibility index (Phi) is 3.50. The van der Waals surface area contributed by atoms with E-state index >= 15 is 0 Å². The molecule has 114 valence electrons. The molecule has 5 nitrogen and oxygen atoms in total. The molecule has 1 aromatic carbocycles. The summed E-state index contributed by atoms with van der Waals surface area (Å²) in [6.07, 6.45) is 4.96. The van der Waals surface area contributed by atoms with E-state index in [0.717, 1.165) is 9.86 Å². The third-order valence-corrected chi connectivity index (χ3v) is 4.74. The van der Waals surface area contributed by atoms with Crippen LogP contribution in [0.1, 0.15) is 31.5 Å². The van der Waals surface area contributed by atoms with Crippen molar-refractivity contribution in [2.75, 3.05) is 0 Å². The summed E-state index contributed by atoms with van der Waals surface area (Å²) in [7, 11) is 0. The summed E-state index contributed by atoms with van der Waals surface area (Å²) in [6.45, 7) is 0.580. The van der Waals surface area contributed by atoms with Crippen LogP contribution in [0.5, 0.6) is 0 Å². The van der Waals surface area contributed by atoms with Gasteiger partial charge in [0.2, 0.25) is 5.58 Å². The summed E-state index contributed by atoms with van der Waals surface area (Å²) in [5, 5.41) is 4.33. The van der Waals surface area contributed by atoms with E-state index in [-0.39, 0.29) is 11.1 Å². The van der Waals surface area contributed by atoms with E-state index in [2.05, 4.69) is 31.2 Å². The average Bonchev–Trinajstić information content (AvgIpc) is 3.13. The van der Waals surface area contributed by atoms with Crippen LogP contribution in [0.25, 0.3) is 22.1 Å². The van der Waals surface area contributed by atoms with Gasteiger partial charge in [0.15, 0.2) is 0 Å². The monoisotopic (exact) mass is 361 g/mol. The number of nitrogens with zero attached hydrogens (tertiary/aromatic N) is 1. The van der Waals surface area contributed by atoms with E-state index < -0.39 is 0 Å². The minimum atomic E-state index is -0.222. The van der Waals surface area contributed by atoms with Crippen LogP contribution in [0, 0.1) is 0 Å². The zero-order valence-electron chi connectivity index (χ0n) is 12.0. The first-order chi connectivity index (χ1) is 10.7. The number of aromatic amines is 1. The van der Waals surface area contributed by atoms with Gasteiger partial charge in [0.05, 0.1) is 6.54 Å². The molecule has 0 aliphatic heterocycles. The van der Waals surface area contributed by atoms with Gasteiger partial charge >= 0.3 is 0 Å². The van der Waals surface area contributed by atoms with E-state index in [1.165, 1.54) is 25.7 Å². The molecule has 1 saturated carbocycles. The molecule has 3 aromatic rings. The van der Waals surface area contributed by atoms with Crippen LogP contribution >= 0.6 is 15.9 Å². The van der Waals surface area contributed by atoms with Crippen molar-refractivity contribution in [3.05, 3.63) is 38.9 Å². The Hall–Kier alpha value is -1.66. The molecule has 0 radical (unpaired) electrons. The van der Waals surface area contributed by atoms with E-state index in [1.807, 2.05) is 18.2 Å². The highest BCUT2D eigenvalue weighted by Crippen LogP contribution is 2.27. The topological polar surface area (TPSA) is 70.9 Å². The molecule has 1 aliphatic rings. The van der Waals surface area contributed by atoms with Gasteiger partial charge in [-0.1, -0.05) is 28.8 Å². The van der Waals surface area contributed by atoms with Gasteiger partial charge in [0, 0.05) is 15.9 Å². The first-order valence-electron chi connectivity index (χ1n) is 7.55. The van der Waals surface area contributed by atoms with Gasteiger partial charge in [-0.15, -0.1) is 0 Å². The minimum absolute atomic E-state index is 0.222. The molecule has 1 fully saturated rings. The molecular formula is C16H16BrN3O2. The smallest absolute Gasteiger partial charge is 0.294 e. The Balaban J connectivity index is 1.75. The van der Waals surface area contributed by atoms with Gasteiger partial charge in [-0.05, 0) is 31.0 Å². The van der Waals surface area contributed by atoms with Crippen molar-refractivity contribution in [1.82, 2.24) is 15.3 Å². The lowest BCUT2D eigenvalue weighted by Gasteiger charge is -2.10. The van der Waals surface area contributed by atoms with Crippen molar-refractivity contribution in [2.45, 2.75) is 38.3 Å². The molecule has 22 heavy (non-hydrogen) atoms. The van der Waals surface area contributed by atoms with Crippen LogP contribution in [0.15, 0.2) is 31.9 Å². The molecule has 1 aliphatic carbocycles. The third-order valence-electron chi connectivity index (χ3n) is 4.25. The molecule has 6 heteroatoms. The second-order valence-electron chi connectivity index (χ2n) is 5.80. The fourth-order valence-corrected chi connectivity index (χ4v) is 3.49. The highest BCUT2D eigenvalue weighted by Gasteiger charge is 2.16. The maximum atomic E-state index is 12.2. The molecule has 0 atom stereocenters. The highest BCUT2D eigenvalue weighted by atomic mass is 79.9. The largest absolute Gasteiger partial charge is 0.449 e. The molecule has 0 amide bonds. The summed E-state index contributed by atoms with van der Waals surface area (Å²) in [5.41, 5.74) is 1.37. The number of benzene rings is 1. The van der Waals surface area contributed by atoms with Crippen LogP contribution < -0.4 is 10.9 Å². The molecule has 2 aromatic heterocycles. The lowest BCUT2D eigenvalue weighted by molar-refractivity contribution is 0.513. The summed E-state index contributed by atoms with van der Waals surface area (Å²) in [4.78, 5) is 19.6. The molecule has 2 heterocycles. The Bertz CT molecular complexity index is 893. The molecule has 0 saturated heterocycles. The zero-order chi connectivity index (χ0) is 15.1. The van der Waals surface area contributed by atoms with Crippen molar-refractivity contribution in [3.63, 3.8) is 0 Å². The van der Waals surface area contributed by atoms with Crippen LogP contribution in [0.4, 0.5) is 0 Å². The van der Waals surface area contributed by atoms with Gasteiger partial charge < -0.3 is 14.7 Å². The Morgan fingerprint density at radius 1 is 1.36 bits per heavy atom. The molecule has 0 bridgehead atoms. The standard InChI is InChI=1S/C16H16BrN3O2/c17-9-5-6-12-11(7-9)14-15(22-12)16(21)20-13(19-14)8-18-10-3-1-2-4-10/h5-7,10,18H,1-4,8H2,(H,19,20,21). The van der Waals surface area contributed by atoms with E-state index in [9.17, 15) is 4.79 Å². The molecular weight excluding hydrogens is 346 g/mol. The van der Waals surface area contributed by atoms with Crippen molar-refractivity contribution >= 4 is 38.0 Å². The van der Waals surface area contributed by atoms with Crippen LogP contribution in [-0.4, -0.2) is 16.0 Å². The number of hydrogen-bond donors (Lipinski definition) is 2. The first kappa shape index (κ1) is 14.0. The number of hydrogen-bond acceptors (Lipinski definition) is 4. The number of furan rings is 1. The highest BCUT2D eigenvalue weighted by molar-refractivity contribution is 9.10. The molecule has 4 rings (SSSR count). The maximum Gasteiger partial charge on any atom is 0.294 e. The normalized spacial score (nSPS) is 16.0. The van der Waals surface area contributed by atoms with E-state index in [1.54, 1.807) is 0 Å². The molecule has 2 N–H and O–H groups in total. The number of halogens is 1. The summed E-state index contributed by atoms with van der Waals surface area (Å²) >= 11 is 3.45. The third kappa shape index (κ3) is 2.46. The predicted molar refractivity (Wildman–Crippen MR) is 88.9 cm³/mol. The Labute approximate surface area is 135 Å². The summed E-state index contributed by atoms with van der Waals surface area (Å²) in [5.74, 6) is 0.659. The lowest BCUT2D eigenvalue weighted by Crippen LogP contribution is -2.27. The quantitative estimate of drug-likeness (QED) is 0.749. The second kappa shape index (κ2) is 5.52. The van der Waals surface area contributed by atoms with E-state index in [0.29, 0.717) is 29.5 Å². The number of aromatic nitrogens is 2. The maximum absolute atomic E-state index is 12.2. The first-order valence-corrected chi connectivity index (χ1v) is 8.34. The summed E-state index contributed by atoms with van der Waals surface area (Å²) in [6, 6.07) is 6.21. The van der Waals surface area contributed by atoms with Crippen molar-refractivity contribution < 1.29 is 4.42 Å². The predicted octanol–water partition coefficient (Wildman–Crippen LogP) is 3.46. The number of rotatable bonds is 3. The van der Waals surface area contributed by atoms with Crippen LogP contribution in [0.3, 0.4) is 0 Å². The van der Waals surface area contributed by atoms with Crippen LogP contribution in [0.2, 0.25) is 0 Å². The van der Waals surface area contributed by atoms with Gasteiger partial charge in [0.1, 0.15) is 16.9 Å². The average molecular weight is 362 g/mol. The lowest BCUT2D eigenvalue weighted by atomic mass is 10.2. The van der Waals surface area contributed by atoms with E-state index in [4.69, 9.17) is 4.42 Å². The summed E-state index contributed by atoms with van der Waals surface area (Å²) < 4.78 is 6.56. The Morgan fingerprint density at radius 2 is 2.18 bits per heavy atom. The van der Waals surface area contributed by atoms with Gasteiger partial charge in [-0.3, -0.25) is 4.79 Å². The Morgan fingerprint density at radius 3 is 3.00 bits per heavy atom. The van der Waals surface area contributed by atoms with Gasteiger partial charge in [0.25, 0.3) is 5.56 Å². The van der Waals surface area contributed by atoms with Crippen molar-refractivity contribution in [3.8, 4) is 0 Å². The fraction of sp³-hybridized carbons (Fsp3) is 0.375. The van der Waals surface area contributed by atoms with Gasteiger partial charge in [-0.2, -0.15) is 0 Å². The van der Waals surface area contributed by atoms with Crippen molar-refractivity contribution in [1.29, 1.82) is 0 Å². The number of H-pyrrole nitrogens is 1. The van der Waals surface area contributed by atoms with Gasteiger partial charge in [-0.25, -0.2) is 4.98 Å². The van der Waals surface area contributed by atoms with Crippen LogP contribution in [-0.2, 0) is 6.54 Å². The second-order valence-corrected chi connectivity index (χ2v) is 6.71. The molecule has 0 spiro atoms. The fourth-order valence-electron chi connectivity index (χ4n) is 3.13. The molecule has 0 unspecified atom stereocenters. The zero-order valence-corrected chi connectivity index (χ0v) is 13.6. The number of nitrogens with one attached hydrogen (secondary N) is 2. The minimum Gasteiger partial charge on any atom is -0.449 e. The SMILES string of the molecule is O=c1[nH]c(CNC2CCCC2)nc2c1oc1ccc(Br)cc12. The van der Waals surface area contributed by atoms with Crippen molar-refractivity contribution in [2.24, 2.45) is 0 Å².